The number of piperidine rings is 1. The van der Waals surface area contributed by atoms with Crippen LogP contribution in [0.4, 0.5) is 0 Å². The second-order valence-electron chi connectivity index (χ2n) is 6.50. The Bertz CT molecular complexity index is 634. The molecule has 1 saturated heterocycles. The van der Waals surface area contributed by atoms with Gasteiger partial charge in [-0.3, -0.25) is 4.79 Å². The number of hydrogen-bond donors (Lipinski definition) is 0. The minimum Gasteiger partial charge on any atom is -0.332 e. The summed E-state index contributed by atoms with van der Waals surface area (Å²) in [5, 5.41) is 3.93. The lowest BCUT2D eigenvalue weighted by Crippen LogP contribution is -2.38. The van der Waals surface area contributed by atoms with Crippen LogP contribution in [0.3, 0.4) is 0 Å². The molecule has 1 unspecified atom stereocenters. The normalized spacial score (nSPS) is 18.4. The highest BCUT2D eigenvalue weighted by molar-refractivity contribution is 7.08. The Hall–Kier alpha value is -1.65. The van der Waals surface area contributed by atoms with Gasteiger partial charge < -0.3 is 9.80 Å². The molecule has 23 heavy (non-hydrogen) atoms. The van der Waals surface area contributed by atoms with Crippen LogP contribution in [0.5, 0.6) is 0 Å². The van der Waals surface area contributed by atoms with Gasteiger partial charge in [0.25, 0.3) is 5.91 Å². The number of rotatable bonds is 4. The van der Waals surface area contributed by atoms with Gasteiger partial charge in [0.15, 0.2) is 0 Å². The lowest BCUT2D eigenvalue weighted by Gasteiger charge is -2.36. The maximum Gasteiger partial charge on any atom is 0.255 e. The van der Waals surface area contributed by atoms with Crippen molar-refractivity contribution in [2.24, 2.45) is 0 Å². The van der Waals surface area contributed by atoms with Gasteiger partial charge in [-0.25, -0.2) is 0 Å². The van der Waals surface area contributed by atoms with Gasteiger partial charge in [0.05, 0.1) is 11.6 Å². The minimum absolute atomic E-state index is 0.174. The zero-order valence-corrected chi connectivity index (χ0v) is 14.7. The molecule has 3 nitrogen and oxygen atoms in total. The summed E-state index contributed by atoms with van der Waals surface area (Å²) in [7, 11) is 4.16. The number of amides is 1. The largest absolute Gasteiger partial charge is 0.332 e. The van der Waals surface area contributed by atoms with Crippen LogP contribution in [0.15, 0.2) is 41.1 Å². The highest BCUT2D eigenvalue weighted by Crippen LogP contribution is 2.32. The molecule has 1 aliphatic rings. The van der Waals surface area contributed by atoms with Crippen molar-refractivity contribution in [2.75, 3.05) is 20.6 Å². The standard InChI is InChI=1S/C19H24N2OS/c1-20(2)13-15-6-8-16(9-7-15)18-5-3-4-11-21(18)19(22)17-10-12-23-14-17/h6-10,12,14,18H,3-5,11,13H2,1-2H3. The van der Waals surface area contributed by atoms with Crippen LogP contribution in [-0.2, 0) is 6.54 Å². The predicted octanol–water partition coefficient (Wildman–Crippen LogP) is 4.18. The summed E-state index contributed by atoms with van der Waals surface area (Å²) in [5.74, 6) is 0.174. The second kappa shape index (κ2) is 7.28. The molecule has 0 N–H and O–H groups in total. The number of thiophene rings is 1. The van der Waals surface area contributed by atoms with E-state index in [1.807, 2.05) is 16.8 Å². The summed E-state index contributed by atoms with van der Waals surface area (Å²) >= 11 is 1.58. The fourth-order valence-corrected chi connectivity index (χ4v) is 3.91. The van der Waals surface area contributed by atoms with Crippen molar-refractivity contribution in [3.8, 4) is 0 Å². The van der Waals surface area contributed by atoms with Gasteiger partial charge in [-0.15, -0.1) is 0 Å². The number of nitrogens with zero attached hydrogens (tertiary/aromatic N) is 2. The molecule has 1 aromatic carbocycles. The molecule has 0 saturated carbocycles. The molecule has 1 atom stereocenters. The number of carbonyl (C=O) groups is 1. The number of carbonyl (C=O) groups excluding carboxylic acids is 1. The zero-order chi connectivity index (χ0) is 16.2. The highest BCUT2D eigenvalue weighted by atomic mass is 32.1. The average molecular weight is 328 g/mol. The van der Waals surface area contributed by atoms with E-state index in [2.05, 4.69) is 48.2 Å². The predicted molar refractivity (Wildman–Crippen MR) is 95.8 cm³/mol. The lowest BCUT2D eigenvalue weighted by atomic mass is 9.94. The number of benzene rings is 1. The average Bonchev–Trinajstić information content (AvgIpc) is 3.09. The quantitative estimate of drug-likeness (QED) is 0.841. The lowest BCUT2D eigenvalue weighted by molar-refractivity contribution is 0.0612. The van der Waals surface area contributed by atoms with Crippen molar-refractivity contribution in [2.45, 2.75) is 31.8 Å². The number of likely N-dealkylation sites (tertiary alicyclic amines) is 1. The molecule has 0 aliphatic carbocycles. The maximum absolute atomic E-state index is 12.8. The van der Waals surface area contributed by atoms with Gasteiger partial charge in [0, 0.05) is 18.5 Å². The van der Waals surface area contributed by atoms with E-state index in [0.29, 0.717) is 0 Å². The van der Waals surface area contributed by atoms with Crippen LogP contribution in [0.2, 0.25) is 0 Å². The Morgan fingerprint density at radius 2 is 2.00 bits per heavy atom. The zero-order valence-electron chi connectivity index (χ0n) is 13.9. The molecule has 3 rings (SSSR count). The third-order valence-corrected chi connectivity index (χ3v) is 5.08. The SMILES string of the molecule is CN(C)Cc1ccc(C2CCCCN2C(=O)c2ccsc2)cc1. The van der Waals surface area contributed by atoms with E-state index in [-0.39, 0.29) is 11.9 Å². The van der Waals surface area contributed by atoms with Crippen LogP contribution in [0.25, 0.3) is 0 Å². The molecule has 4 heteroatoms. The summed E-state index contributed by atoms with van der Waals surface area (Å²) in [6, 6.07) is 10.9. The molecule has 0 bridgehead atoms. The molecular formula is C19H24N2OS. The Labute approximate surface area is 142 Å². The van der Waals surface area contributed by atoms with E-state index in [1.54, 1.807) is 11.3 Å². The Morgan fingerprint density at radius 3 is 2.65 bits per heavy atom. The van der Waals surface area contributed by atoms with Crippen molar-refractivity contribution in [1.29, 1.82) is 0 Å². The van der Waals surface area contributed by atoms with Gasteiger partial charge >= 0.3 is 0 Å². The van der Waals surface area contributed by atoms with Gasteiger partial charge in [-0.05, 0) is 55.9 Å². The summed E-state index contributed by atoms with van der Waals surface area (Å²) < 4.78 is 0. The molecule has 2 heterocycles. The van der Waals surface area contributed by atoms with E-state index in [1.165, 1.54) is 17.5 Å². The van der Waals surface area contributed by atoms with E-state index in [9.17, 15) is 4.79 Å². The molecule has 122 valence electrons. The topological polar surface area (TPSA) is 23.6 Å². The van der Waals surface area contributed by atoms with Crippen LogP contribution in [0.1, 0.15) is 46.8 Å². The minimum atomic E-state index is 0.174. The molecule has 2 aromatic rings. The summed E-state index contributed by atoms with van der Waals surface area (Å²) in [4.78, 5) is 17.0. The number of hydrogen-bond acceptors (Lipinski definition) is 3. The van der Waals surface area contributed by atoms with Crippen LogP contribution in [-0.4, -0.2) is 36.3 Å². The van der Waals surface area contributed by atoms with Crippen molar-refractivity contribution in [1.82, 2.24) is 9.80 Å². The van der Waals surface area contributed by atoms with Crippen molar-refractivity contribution < 1.29 is 4.79 Å². The van der Waals surface area contributed by atoms with Gasteiger partial charge in [0.2, 0.25) is 0 Å². The molecule has 0 spiro atoms. The van der Waals surface area contributed by atoms with Crippen molar-refractivity contribution in [3.63, 3.8) is 0 Å². The van der Waals surface area contributed by atoms with Crippen LogP contribution < -0.4 is 0 Å². The summed E-state index contributed by atoms with van der Waals surface area (Å²) in [5.41, 5.74) is 3.40. The highest BCUT2D eigenvalue weighted by Gasteiger charge is 2.28. The summed E-state index contributed by atoms with van der Waals surface area (Å²) in [6.07, 6.45) is 3.35. The second-order valence-corrected chi connectivity index (χ2v) is 7.28. The van der Waals surface area contributed by atoms with E-state index in [4.69, 9.17) is 0 Å². The first-order chi connectivity index (χ1) is 11.1. The van der Waals surface area contributed by atoms with E-state index < -0.39 is 0 Å². The molecule has 1 aliphatic heterocycles. The maximum atomic E-state index is 12.8. The first kappa shape index (κ1) is 16.2. The first-order valence-corrected chi connectivity index (χ1v) is 9.16. The Kier molecular flexibility index (Phi) is 5.13. The monoisotopic (exact) mass is 328 g/mol. The van der Waals surface area contributed by atoms with Gasteiger partial charge in [-0.2, -0.15) is 11.3 Å². The molecule has 1 aromatic heterocycles. The molecule has 1 fully saturated rings. The summed E-state index contributed by atoms with van der Waals surface area (Å²) in [6.45, 7) is 1.81. The van der Waals surface area contributed by atoms with Crippen molar-refractivity contribution >= 4 is 17.2 Å². The van der Waals surface area contributed by atoms with Crippen LogP contribution in [0, 0.1) is 0 Å². The van der Waals surface area contributed by atoms with Crippen molar-refractivity contribution in [3.05, 3.63) is 57.8 Å². The van der Waals surface area contributed by atoms with Gasteiger partial charge in [-0.1, -0.05) is 24.3 Å². The first-order valence-electron chi connectivity index (χ1n) is 8.22. The third-order valence-electron chi connectivity index (χ3n) is 4.40. The molecular weight excluding hydrogens is 304 g/mol. The van der Waals surface area contributed by atoms with E-state index in [0.717, 1.165) is 31.5 Å². The smallest absolute Gasteiger partial charge is 0.255 e. The fourth-order valence-electron chi connectivity index (χ4n) is 3.28. The van der Waals surface area contributed by atoms with Crippen LogP contribution >= 0.6 is 11.3 Å². The van der Waals surface area contributed by atoms with Gasteiger partial charge in [0.1, 0.15) is 0 Å². The van der Waals surface area contributed by atoms with E-state index >= 15 is 0 Å². The Morgan fingerprint density at radius 1 is 1.22 bits per heavy atom. The fraction of sp³-hybridized carbons (Fsp3) is 0.421. The third kappa shape index (κ3) is 3.82. The molecule has 1 amide bonds. The molecule has 0 radical (unpaired) electrons. The Balaban J connectivity index is 1.79.